The molecule has 0 amide bonds. The van der Waals surface area contributed by atoms with Crippen LogP contribution in [0.1, 0.15) is 44.2 Å². The lowest BCUT2D eigenvalue weighted by Gasteiger charge is -2.22. The summed E-state index contributed by atoms with van der Waals surface area (Å²) in [5.41, 5.74) is 2.02. The SMILES string of the molecule is CC(C)Cc1ncc(-c2ccc3c(c2)OC2C=C(S(=O)(=O)N[C@H](C(=O)O)C(C)C)C=CC32)s1. The fourth-order valence-corrected chi connectivity index (χ4v) is 6.54. The lowest BCUT2D eigenvalue weighted by atomic mass is 9.91. The largest absolute Gasteiger partial charge is 0.485 e. The number of sulfonamides is 1. The quantitative estimate of drug-likeness (QED) is 0.573. The van der Waals surface area contributed by atoms with Crippen molar-refractivity contribution in [2.45, 2.75) is 52.2 Å². The number of thiazole rings is 1. The Labute approximate surface area is 198 Å². The number of hydrogen-bond acceptors (Lipinski definition) is 6. The van der Waals surface area contributed by atoms with Crippen molar-refractivity contribution < 1.29 is 23.1 Å². The van der Waals surface area contributed by atoms with Crippen LogP contribution in [0, 0.1) is 11.8 Å². The number of carboxylic acid groups (broad SMARTS) is 1. The number of nitrogens with zero attached hydrogens (tertiary/aromatic N) is 1. The molecule has 2 aliphatic rings. The van der Waals surface area contributed by atoms with Gasteiger partial charge in [0.25, 0.3) is 0 Å². The first-order valence-corrected chi connectivity index (χ1v) is 13.3. The van der Waals surface area contributed by atoms with Crippen molar-refractivity contribution in [3.63, 3.8) is 0 Å². The van der Waals surface area contributed by atoms with E-state index >= 15 is 0 Å². The summed E-state index contributed by atoms with van der Waals surface area (Å²) in [6, 6.07) is 4.84. The van der Waals surface area contributed by atoms with Crippen molar-refractivity contribution >= 4 is 27.3 Å². The number of nitrogens with one attached hydrogen (secondary N) is 1. The minimum absolute atomic E-state index is 0.0180. The molecule has 0 bridgehead atoms. The number of aliphatic carboxylic acids is 1. The molecule has 1 aromatic carbocycles. The third kappa shape index (κ3) is 4.90. The number of fused-ring (bicyclic) bond motifs is 3. The van der Waals surface area contributed by atoms with Crippen molar-refractivity contribution in [2.24, 2.45) is 11.8 Å². The van der Waals surface area contributed by atoms with Gasteiger partial charge in [-0.15, -0.1) is 11.3 Å². The summed E-state index contributed by atoms with van der Waals surface area (Å²) in [5.74, 6) is -0.425. The number of hydrogen-bond donors (Lipinski definition) is 2. The Morgan fingerprint density at radius 3 is 2.70 bits per heavy atom. The summed E-state index contributed by atoms with van der Waals surface area (Å²) in [6.07, 6.45) is 7.25. The van der Waals surface area contributed by atoms with Gasteiger partial charge in [0.15, 0.2) is 0 Å². The van der Waals surface area contributed by atoms with Crippen LogP contribution in [-0.2, 0) is 21.2 Å². The van der Waals surface area contributed by atoms with E-state index in [0.717, 1.165) is 33.2 Å². The van der Waals surface area contributed by atoms with Crippen molar-refractivity contribution in [1.29, 1.82) is 0 Å². The zero-order chi connectivity index (χ0) is 23.9. The first-order valence-electron chi connectivity index (χ1n) is 11.0. The van der Waals surface area contributed by atoms with Crippen LogP contribution in [0.2, 0.25) is 0 Å². The molecule has 4 rings (SSSR count). The zero-order valence-electron chi connectivity index (χ0n) is 19.0. The second-order valence-electron chi connectivity index (χ2n) is 9.19. The summed E-state index contributed by atoms with van der Waals surface area (Å²) >= 11 is 1.67. The van der Waals surface area contributed by atoms with Crippen LogP contribution >= 0.6 is 11.3 Å². The molecular weight excluding hydrogens is 460 g/mol. The summed E-state index contributed by atoms with van der Waals surface area (Å²) in [6.45, 7) is 7.65. The number of benzene rings is 1. The van der Waals surface area contributed by atoms with Crippen LogP contribution in [0.4, 0.5) is 0 Å². The zero-order valence-corrected chi connectivity index (χ0v) is 20.6. The molecule has 2 aromatic rings. The molecule has 2 N–H and O–H groups in total. The third-order valence-corrected chi connectivity index (χ3v) is 8.26. The molecule has 0 saturated carbocycles. The standard InChI is InChI=1S/C24H28N2O5S2/c1-13(2)9-22-25-12-21(32-22)15-5-7-17-18-8-6-16(11-20(18)31-19(17)10-15)33(29,30)26-23(14(3)4)24(27)28/h5-8,10-14,18,20,23,26H,9H2,1-4H3,(H,27,28)/t18?,20?,23-/m0/s1. The van der Waals surface area contributed by atoms with Crippen LogP contribution in [0.25, 0.3) is 10.4 Å². The first-order chi connectivity index (χ1) is 15.5. The van der Waals surface area contributed by atoms with E-state index in [1.54, 1.807) is 31.3 Å². The average molecular weight is 489 g/mol. The molecular formula is C24H28N2O5S2. The van der Waals surface area contributed by atoms with E-state index in [4.69, 9.17) is 4.74 Å². The molecule has 3 atom stereocenters. The molecule has 0 saturated heterocycles. The van der Waals surface area contributed by atoms with Crippen LogP contribution in [0.5, 0.6) is 5.75 Å². The molecule has 33 heavy (non-hydrogen) atoms. The van der Waals surface area contributed by atoms with E-state index < -0.39 is 34.1 Å². The number of carboxylic acids is 1. The van der Waals surface area contributed by atoms with Gasteiger partial charge in [-0.05, 0) is 35.6 Å². The fourth-order valence-electron chi connectivity index (χ4n) is 4.00. The number of rotatable bonds is 8. The van der Waals surface area contributed by atoms with Gasteiger partial charge >= 0.3 is 5.97 Å². The second-order valence-corrected chi connectivity index (χ2v) is 12.0. The van der Waals surface area contributed by atoms with Crippen LogP contribution in [-0.4, -0.2) is 36.6 Å². The third-order valence-electron chi connectivity index (χ3n) is 5.73. The Bertz CT molecular complexity index is 1230. The van der Waals surface area contributed by atoms with Gasteiger partial charge in [0, 0.05) is 24.1 Å². The first kappa shape index (κ1) is 23.7. The van der Waals surface area contributed by atoms with Gasteiger partial charge in [-0.2, -0.15) is 4.72 Å². The summed E-state index contributed by atoms with van der Waals surface area (Å²) in [7, 11) is -4.00. The summed E-state index contributed by atoms with van der Waals surface area (Å²) < 4.78 is 34.1. The van der Waals surface area contributed by atoms with Crippen molar-refractivity contribution in [3.8, 4) is 16.2 Å². The fraction of sp³-hybridized carbons (Fsp3) is 0.417. The van der Waals surface area contributed by atoms with Crippen molar-refractivity contribution in [3.05, 3.63) is 58.1 Å². The maximum atomic E-state index is 12.8. The van der Waals surface area contributed by atoms with Crippen molar-refractivity contribution in [2.75, 3.05) is 0 Å². The molecule has 7 nitrogen and oxygen atoms in total. The van der Waals surface area contributed by atoms with Gasteiger partial charge in [-0.25, -0.2) is 13.4 Å². The molecule has 0 radical (unpaired) electrons. The Morgan fingerprint density at radius 2 is 2.03 bits per heavy atom. The highest BCUT2D eigenvalue weighted by molar-refractivity contribution is 7.93. The Balaban J connectivity index is 1.55. The lowest BCUT2D eigenvalue weighted by Crippen LogP contribution is -2.44. The van der Waals surface area contributed by atoms with Gasteiger partial charge in [0.1, 0.15) is 17.9 Å². The molecule has 1 aromatic heterocycles. The number of ether oxygens (including phenoxy) is 1. The minimum Gasteiger partial charge on any atom is -0.485 e. The van der Waals surface area contributed by atoms with E-state index in [0.29, 0.717) is 5.92 Å². The monoisotopic (exact) mass is 488 g/mol. The van der Waals surface area contributed by atoms with Crippen LogP contribution in [0.15, 0.2) is 47.5 Å². The molecule has 2 heterocycles. The van der Waals surface area contributed by atoms with E-state index in [1.165, 1.54) is 6.08 Å². The van der Waals surface area contributed by atoms with Crippen molar-refractivity contribution in [1.82, 2.24) is 9.71 Å². The second kappa shape index (κ2) is 9.04. The van der Waals surface area contributed by atoms with Gasteiger partial charge in [0.05, 0.1) is 14.8 Å². The lowest BCUT2D eigenvalue weighted by molar-refractivity contribution is -0.140. The molecule has 1 aliphatic heterocycles. The predicted molar refractivity (Wildman–Crippen MR) is 129 cm³/mol. The van der Waals surface area contributed by atoms with E-state index in [9.17, 15) is 18.3 Å². The highest BCUT2D eigenvalue weighted by atomic mass is 32.2. The molecule has 0 fully saturated rings. The minimum atomic E-state index is -4.00. The van der Waals surface area contributed by atoms with E-state index in [2.05, 4.69) is 23.6 Å². The average Bonchev–Trinajstić information content (AvgIpc) is 3.34. The number of allylic oxidation sites excluding steroid dienone is 1. The summed E-state index contributed by atoms with van der Waals surface area (Å²) in [4.78, 5) is 17.1. The molecule has 2 unspecified atom stereocenters. The highest BCUT2D eigenvalue weighted by Gasteiger charge is 2.37. The topological polar surface area (TPSA) is 106 Å². The summed E-state index contributed by atoms with van der Waals surface area (Å²) in [5, 5.41) is 10.4. The van der Waals surface area contributed by atoms with E-state index in [1.807, 2.05) is 30.5 Å². The van der Waals surface area contributed by atoms with Gasteiger partial charge in [0.2, 0.25) is 10.0 Å². The van der Waals surface area contributed by atoms with Crippen LogP contribution in [0.3, 0.4) is 0 Å². The molecule has 9 heteroatoms. The maximum absolute atomic E-state index is 12.8. The Morgan fingerprint density at radius 1 is 1.27 bits per heavy atom. The smallest absolute Gasteiger partial charge is 0.322 e. The van der Waals surface area contributed by atoms with Gasteiger partial charge in [-0.3, -0.25) is 4.79 Å². The number of carbonyl (C=O) groups is 1. The Hall–Kier alpha value is -2.49. The maximum Gasteiger partial charge on any atom is 0.322 e. The molecule has 1 aliphatic carbocycles. The van der Waals surface area contributed by atoms with Gasteiger partial charge in [-0.1, -0.05) is 45.9 Å². The van der Waals surface area contributed by atoms with E-state index in [-0.39, 0.29) is 10.8 Å². The number of aromatic nitrogens is 1. The Kier molecular flexibility index (Phi) is 6.48. The normalized spacial score (nSPS) is 20.4. The molecule has 176 valence electrons. The van der Waals surface area contributed by atoms with Crippen LogP contribution < -0.4 is 9.46 Å². The predicted octanol–water partition coefficient (Wildman–Crippen LogP) is 4.34. The highest BCUT2D eigenvalue weighted by Crippen LogP contribution is 2.44. The molecule has 0 spiro atoms. The van der Waals surface area contributed by atoms with Gasteiger partial charge < -0.3 is 9.84 Å².